The number of carbonyl (C=O) groups is 1. The van der Waals surface area contributed by atoms with Crippen molar-refractivity contribution in [3.63, 3.8) is 0 Å². The number of rotatable bonds is 8. The van der Waals surface area contributed by atoms with Gasteiger partial charge >= 0.3 is 18.9 Å². The number of amides is 1. The van der Waals surface area contributed by atoms with Crippen molar-refractivity contribution < 1.29 is 31.8 Å². The lowest BCUT2D eigenvalue weighted by Gasteiger charge is -2.12. The monoisotopic (exact) mass is 451 g/mol. The van der Waals surface area contributed by atoms with Gasteiger partial charge in [-0.3, -0.25) is 9.36 Å². The summed E-state index contributed by atoms with van der Waals surface area (Å²) < 4.78 is 60.0. The molecule has 0 unspecified atom stereocenters. The lowest BCUT2D eigenvalue weighted by atomic mass is 10.1. The first kappa shape index (κ1) is 22.7. The normalized spacial score (nSPS) is 11.3. The third kappa shape index (κ3) is 5.56. The van der Waals surface area contributed by atoms with Crippen LogP contribution in [-0.4, -0.2) is 28.7 Å². The quantitative estimate of drug-likeness (QED) is 0.395. The van der Waals surface area contributed by atoms with Crippen molar-refractivity contribution >= 4 is 17.7 Å². The molecular weight excluding hydrogens is 434 g/mol. The number of aromatic nitrogens is 2. The SMILES string of the molecule is Cc1c[nH]c(=O)n1-c1ccccc1NC(=O)/C=C/c1ccc(OC(F)F)cc1OC(F)F. The van der Waals surface area contributed by atoms with Gasteiger partial charge in [0.1, 0.15) is 11.5 Å². The second-order valence-corrected chi connectivity index (χ2v) is 6.37. The Balaban J connectivity index is 1.83. The minimum Gasteiger partial charge on any atom is -0.435 e. The van der Waals surface area contributed by atoms with Crippen LogP contribution in [0.15, 0.2) is 59.5 Å². The molecule has 0 fully saturated rings. The molecule has 0 aliphatic carbocycles. The van der Waals surface area contributed by atoms with Crippen LogP contribution in [-0.2, 0) is 4.79 Å². The summed E-state index contributed by atoms with van der Waals surface area (Å²) >= 11 is 0. The number of halogens is 4. The number of nitrogens with zero attached hydrogens (tertiary/aromatic N) is 1. The Morgan fingerprint density at radius 2 is 1.81 bits per heavy atom. The zero-order chi connectivity index (χ0) is 23.3. The molecule has 0 aliphatic rings. The van der Waals surface area contributed by atoms with E-state index in [1.165, 1.54) is 22.9 Å². The number of imidazole rings is 1. The van der Waals surface area contributed by atoms with E-state index in [-0.39, 0.29) is 17.0 Å². The van der Waals surface area contributed by atoms with Crippen molar-refractivity contribution in [1.29, 1.82) is 0 Å². The smallest absolute Gasteiger partial charge is 0.387 e. The molecule has 3 aromatic rings. The van der Waals surface area contributed by atoms with E-state index in [1.54, 1.807) is 31.2 Å². The van der Waals surface area contributed by atoms with Gasteiger partial charge in [0, 0.05) is 29.6 Å². The average molecular weight is 451 g/mol. The summed E-state index contributed by atoms with van der Waals surface area (Å²) in [6.07, 6.45) is 3.74. The second-order valence-electron chi connectivity index (χ2n) is 6.37. The highest BCUT2D eigenvalue weighted by atomic mass is 19.3. The number of hydrogen-bond donors (Lipinski definition) is 2. The van der Waals surface area contributed by atoms with Crippen LogP contribution in [0.3, 0.4) is 0 Å². The summed E-state index contributed by atoms with van der Waals surface area (Å²) in [4.78, 5) is 27.0. The molecule has 0 saturated heterocycles. The van der Waals surface area contributed by atoms with E-state index >= 15 is 0 Å². The number of anilines is 1. The van der Waals surface area contributed by atoms with Gasteiger partial charge in [-0.15, -0.1) is 0 Å². The Bertz CT molecular complexity index is 1190. The van der Waals surface area contributed by atoms with Crippen LogP contribution in [0, 0.1) is 6.92 Å². The van der Waals surface area contributed by atoms with Gasteiger partial charge in [0.05, 0.1) is 11.4 Å². The Hall–Kier alpha value is -4.02. The summed E-state index contributed by atoms with van der Waals surface area (Å²) in [6, 6.07) is 9.75. The van der Waals surface area contributed by atoms with Crippen molar-refractivity contribution in [2.75, 3.05) is 5.32 Å². The topological polar surface area (TPSA) is 85.4 Å². The summed E-state index contributed by atoms with van der Waals surface area (Å²) in [5.74, 6) is -1.45. The highest BCUT2D eigenvalue weighted by Gasteiger charge is 2.14. The molecule has 32 heavy (non-hydrogen) atoms. The van der Waals surface area contributed by atoms with Crippen LogP contribution in [0.4, 0.5) is 23.2 Å². The standard InChI is InChI=1S/C21H17F4N3O4/c1-12-11-26-21(30)28(12)16-5-3-2-4-15(16)27-18(29)9-7-13-6-8-14(31-19(22)23)10-17(13)32-20(24)25/h2-11,19-20H,1H3,(H,26,30)(H,27,29)/b9-7+. The van der Waals surface area contributed by atoms with E-state index < -0.39 is 24.9 Å². The maximum atomic E-state index is 12.7. The van der Waals surface area contributed by atoms with Gasteiger partial charge in [-0.25, -0.2) is 4.79 Å². The number of alkyl halides is 4. The van der Waals surface area contributed by atoms with E-state index in [0.29, 0.717) is 17.1 Å². The van der Waals surface area contributed by atoms with Gasteiger partial charge in [-0.05, 0) is 37.3 Å². The number of aromatic amines is 1. The highest BCUT2D eigenvalue weighted by Crippen LogP contribution is 2.28. The maximum Gasteiger partial charge on any atom is 0.387 e. The van der Waals surface area contributed by atoms with E-state index in [1.807, 2.05) is 0 Å². The van der Waals surface area contributed by atoms with Gasteiger partial charge in [0.15, 0.2) is 0 Å². The van der Waals surface area contributed by atoms with Crippen molar-refractivity contribution in [2.45, 2.75) is 20.1 Å². The molecule has 1 heterocycles. The fraction of sp³-hybridized carbons (Fsp3) is 0.143. The number of H-pyrrole nitrogens is 1. The predicted molar refractivity (Wildman–Crippen MR) is 108 cm³/mol. The molecule has 0 aliphatic heterocycles. The average Bonchev–Trinajstić information content (AvgIpc) is 3.05. The highest BCUT2D eigenvalue weighted by molar-refractivity contribution is 6.03. The van der Waals surface area contributed by atoms with E-state index in [2.05, 4.69) is 19.8 Å². The third-order valence-corrected chi connectivity index (χ3v) is 4.20. The molecule has 0 radical (unpaired) electrons. The minimum atomic E-state index is -3.22. The van der Waals surface area contributed by atoms with Crippen LogP contribution < -0.4 is 20.5 Å². The molecule has 3 rings (SSSR count). The van der Waals surface area contributed by atoms with Gasteiger partial charge in [0.25, 0.3) is 0 Å². The number of ether oxygens (including phenoxy) is 2. The lowest BCUT2D eigenvalue weighted by molar-refractivity contribution is -0.111. The maximum absolute atomic E-state index is 12.7. The molecule has 7 nitrogen and oxygen atoms in total. The Labute approximate surface area is 178 Å². The van der Waals surface area contributed by atoms with Crippen LogP contribution in [0.1, 0.15) is 11.3 Å². The minimum absolute atomic E-state index is 0.0352. The van der Waals surface area contributed by atoms with E-state index in [0.717, 1.165) is 18.2 Å². The summed E-state index contributed by atoms with van der Waals surface area (Å²) in [6.45, 7) is -4.65. The first-order chi connectivity index (χ1) is 15.2. The number of hydrogen-bond acceptors (Lipinski definition) is 4. The molecular formula is C21H17F4N3O4. The fourth-order valence-electron chi connectivity index (χ4n) is 2.90. The number of para-hydroxylation sites is 2. The summed E-state index contributed by atoms with van der Waals surface area (Å²) in [5.41, 5.74) is 1.02. The zero-order valence-corrected chi connectivity index (χ0v) is 16.5. The van der Waals surface area contributed by atoms with Crippen molar-refractivity contribution in [2.24, 2.45) is 0 Å². The Morgan fingerprint density at radius 1 is 1.09 bits per heavy atom. The number of carbonyl (C=O) groups excluding carboxylic acids is 1. The first-order valence-electron chi connectivity index (χ1n) is 9.14. The Kier molecular flexibility index (Phi) is 6.98. The summed E-state index contributed by atoms with van der Waals surface area (Å²) in [5, 5.41) is 2.61. The third-order valence-electron chi connectivity index (χ3n) is 4.20. The second kappa shape index (κ2) is 9.86. The molecule has 1 amide bonds. The molecule has 11 heteroatoms. The Morgan fingerprint density at radius 3 is 2.47 bits per heavy atom. The van der Waals surface area contributed by atoms with Gasteiger partial charge < -0.3 is 19.8 Å². The molecule has 0 spiro atoms. The molecule has 168 valence electrons. The molecule has 2 aromatic carbocycles. The molecule has 0 saturated carbocycles. The van der Waals surface area contributed by atoms with E-state index in [4.69, 9.17) is 0 Å². The van der Waals surface area contributed by atoms with Crippen molar-refractivity contribution in [3.05, 3.63) is 76.5 Å². The first-order valence-corrected chi connectivity index (χ1v) is 9.14. The fourth-order valence-corrected chi connectivity index (χ4v) is 2.90. The molecule has 1 aromatic heterocycles. The predicted octanol–water partition coefficient (Wildman–Crippen LogP) is 4.33. The van der Waals surface area contributed by atoms with Crippen LogP contribution in [0.5, 0.6) is 11.5 Å². The number of benzene rings is 2. The van der Waals surface area contributed by atoms with Crippen LogP contribution in [0.2, 0.25) is 0 Å². The molecule has 2 N–H and O–H groups in total. The summed E-state index contributed by atoms with van der Waals surface area (Å²) in [7, 11) is 0. The zero-order valence-electron chi connectivity index (χ0n) is 16.5. The van der Waals surface area contributed by atoms with Gasteiger partial charge in [-0.1, -0.05) is 12.1 Å². The van der Waals surface area contributed by atoms with Crippen molar-refractivity contribution in [3.8, 4) is 17.2 Å². The van der Waals surface area contributed by atoms with Crippen LogP contribution in [0.25, 0.3) is 11.8 Å². The van der Waals surface area contributed by atoms with E-state index in [9.17, 15) is 27.2 Å². The number of aryl methyl sites for hydroxylation is 1. The lowest BCUT2D eigenvalue weighted by Crippen LogP contribution is -2.18. The number of nitrogens with one attached hydrogen (secondary N) is 2. The van der Waals surface area contributed by atoms with Crippen molar-refractivity contribution in [1.82, 2.24) is 9.55 Å². The van der Waals surface area contributed by atoms with Crippen LogP contribution >= 0.6 is 0 Å². The van der Waals surface area contributed by atoms with Gasteiger partial charge in [0.2, 0.25) is 5.91 Å². The largest absolute Gasteiger partial charge is 0.435 e. The van der Waals surface area contributed by atoms with Gasteiger partial charge in [-0.2, -0.15) is 17.6 Å². The molecule has 0 bridgehead atoms. The molecule has 0 atom stereocenters.